The number of aromatic nitrogens is 2. The van der Waals surface area contributed by atoms with Gasteiger partial charge in [-0.3, -0.25) is 4.99 Å². The maximum atomic E-state index is 13.8. The van der Waals surface area contributed by atoms with E-state index in [4.69, 9.17) is 0 Å². The van der Waals surface area contributed by atoms with Crippen LogP contribution in [0.3, 0.4) is 0 Å². The summed E-state index contributed by atoms with van der Waals surface area (Å²) in [6.07, 6.45) is 3.18. The van der Waals surface area contributed by atoms with Gasteiger partial charge in [0.15, 0.2) is 0 Å². The van der Waals surface area contributed by atoms with Crippen molar-refractivity contribution in [1.82, 2.24) is 9.97 Å². The number of aryl methyl sites for hydroxylation is 1. The Morgan fingerprint density at radius 2 is 2.06 bits per heavy atom. The number of nitrogens with zero attached hydrogens (tertiary/aromatic N) is 3. The summed E-state index contributed by atoms with van der Waals surface area (Å²) in [5.41, 5.74) is 1.09. The molecule has 0 spiro atoms. The van der Waals surface area contributed by atoms with Crippen LogP contribution in [0.15, 0.2) is 23.1 Å². The molecule has 0 radical (unpaired) electrons. The Balaban J connectivity index is 0.000000686. The van der Waals surface area contributed by atoms with E-state index < -0.39 is 0 Å². The zero-order valence-electron chi connectivity index (χ0n) is 10.7. The lowest BCUT2D eigenvalue weighted by Crippen LogP contribution is -2.10. The van der Waals surface area contributed by atoms with Gasteiger partial charge in [0, 0.05) is 30.4 Å². The van der Waals surface area contributed by atoms with Crippen molar-refractivity contribution in [3.63, 3.8) is 0 Å². The normalized spacial score (nSPS) is 18.8. The molecule has 0 aromatic carbocycles. The highest BCUT2D eigenvalue weighted by Gasteiger charge is 2.18. The van der Waals surface area contributed by atoms with Gasteiger partial charge in [-0.2, -0.15) is 0 Å². The quantitative estimate of drug-likeness (QED) is 0.749. The van der Waals surface area contributed by atoms with Crippen molar-refractivity contribution in [3.05, 3.63) is 29.6 Å². The fourth-order valence-corrected chi connectivity index (χ4v) is 1.50. The molecule has 2 rings (SSSR count). The monoisotopic (exact) mass is 235 g/mol. The number of hydrogen-bond donors (Lipinski definition) is 0. The first kappa shape index (κ1) is 13.5. The van der Waals surface area contributed by atoms with Crippen LogP contribution in [0.5, 0.6) is 0 Å². The lowest BCUT2D eigenvalue weighted by Gasteiger charge is -2.14. The van der Waals surface area contributed by atoms with E-state index in [2.05, 4.69) is 15.0 Å². The molecule has 1 atom stereocenters. The van der Waals surface area contributed by atoms with Crippen molar-refractivity contribution in [2.75, 3.05) is 6.54 Å². The van der Waals surface area contributed by atoms with Crippen LogP contribution >= 0.6 is 0 Å². The predicted molar refractivity (Wildman–Crippen MR) is 68.7 cm³/mol. The van der Waals surface area contributed by atoms with Crippen LogP contribution in [0.1, 0.15) is 32.3 Å². The molecule has 1 aromatic heterocycles. The molecule has 0 amide bonds. The molecule has 4 heteroatoms. The Bertz CT molecular complexity index is 438. The summed E-state index contributed by atoms with van der Waals surface area (Å²) >= 11 is 0. The van der Waals surface area contributed by atoms with Gasteiger partial charge < -0.3 is 0 Å². The van der Waals surface area contributed by atoms with Gasteiger partial charge in [0.05, 0.1) is 5.69 Å². The standard InChI is InChI=1S/C11H12FN3.C2H6/c1-7-5-13-6-9(11(7)12)10-3-4-14-8(2)15-10;1-2/h3-4,6-7H,5H2,1-2H3;1-2H3. The third-order valence-electron chi connectivity index (χ3n) is 2.34. The van der Waals surface area contributed by atoms with Gasteiger partial charge >= 0.3 is 0 Å². The fraction of sp³-hybridized carbons (Fsp3) is 0.462. The molecule has 0 bridgehead atoms. The van der Waals surface area contributed by atoms with E-state index in [1.165, 1.54) is 0 Å². The molecule has 17 heavy (non-hydrogen) atoms. The smallest absolute Gasteiger partial charge is 0.125 e. The molecular weight excluding hydrogens is 217 g/mol. The van der Waals surface area contributed by atoms with Gasteiger partial charge in [0.1, 0.15) is 11.7 Å². The van der Waals surface area contributed by atoms with Crippen LogP contribution in [-0.4, -0.2) is 22.7 Å². The average Bonchev–Trinajstić information content (AvgIpc) is 2.35. The number of dihydropyridines is 1. The predicted octanol–water partition coefficient (Wildman–Crippen LogP) is 3.21. The first-order valence-corrected chi connectivity index (χ1v) is 5.88. The van der Waals surface area contributed by atoms with Crippen LogP contribution in [-0.2, 0) is 0 Å². The maximum Gasteiger partial charge on any atom is 0.125 e. The van der Waals surface area contributed by atoms with Crippen molar-refractivity contribution >= 4 is 11.8 Å². The highest BCUT2D eigenvalue weighted by molar-refractivity contribution is 6.10. The van der Waals surface area contributed by atoms with E-state index in [9.17, 15) is 4.39 Å². The molecule has 92 valence electrons. The third-order valence-corrected chi connectivity index (χ3v) is 2.34. The number of hydrogen-bond acceptors (Lipinski definition) is 3. The first-order valence-electron chi connectivity index (χ1n) is 5.88. The molecule has 1 unspecified atom stereocenters. The Kier molecular flexibility index (Phi) is 4.94. The number of allylic oxidation sites excluding steroid dienone is 1. The second-order valence-corrected chi connectivity index (χ2v) is 3.65. The molecule has 0 fully saturated rings. The Morgan fingerprint density at radius 3 is 2.71 bits per heavy atom. The largest absolute Gasteiger partial charge is 0.292 e. The van der Waals surface area contributed by atoms with Gasteiger partial charge in [0.2, 0.25) is 0 Å². The minimum absolute atomic E-state index is 0.136. The van der Waals surface area contributed by atoms with Gasteiger partial charge in [-0.1, -0.05) is 20.8 Å². The summed E-state index contributed by atoms with van der Waals surface area (Å²) in [6.45, 7) is 8.12. The summed E-state index contributed by atoms with van der Waals surface area (Å²) in [5, 5.41) is 0. The molecule has 1 aromatic rings. The number of halogens is 1. The van der Waals surface area contributed by atoms with Gasteiger partial charge in [-0.25, -0.2) is 14.4 Å². The van der Waals surface area contributed by atoms with E-state index >= 15 is 0 Å². The Labute approximate surface area is 102 Å². The third kappa shape index (κ3) is 3.19. The lowest BCUT2D eigenvalue weighted by molar-refractivity contribution is 0.500. The SMILES string of the molecule is CC.Cc1nccc(C2=C(F)C(C)CN=C2)n1. The average molecular weight is 235 g/mol. The van der Waals surface area contributed by atoms with Gasteiger partial charge in [0.25, 0.3) is 0 Å². The van der Waals surface area contributed by atoms with E-state index in [1.807, 2.05) is 20.8 Å². The summed E-state index contributed by atoms with van der Waals surface area (Å²) in [5.74, 6) is 0.350. The van der Waals surface area contributed by atoms with Gasteiger partial charge in [-0.15, -0.1) is 0 Å². The van der Waals surface area contributed by atoms with Crippen LogP contribution in [0.2, 0.25) is 0 Å². The fourth-order valence-electron chi connectivity index (χ4n) is 1.50. The zero-order valence-corrected chi connectivity index (χ0v) is 10.7. The first-order chi connectivity index (χ1) is 8.18. The number of aliphatic imine (C=N–C) groups is 1. The molecule has 1 aliphatic heterocycles. The van der Waals surface area contributed by atoms with Crippen molar-refractivity contribution < 1.29 is 4.39 Å². The highest BCUT2D eigenvalue weighted by Crippen LogP contribution is 2.25. The molecule has 1 aliphatic rings. The van der Waals surface area contributed by atoms with Crippen LogP contribution in [0.25, 0.3) is 5.57 Å². The van der Waals surface area contributed by atoms with Crippen molar-refractivity contribution in [2.24, 2.45) is 10.9 Å². The lowest BCUT2D eigenvalue weighted by atomic mass is 10.0. The number of rotatable bonds is 1. The summed E-state index contributed by atoms with van der Waals surface area (Å²) in [6, 6.07) is 1.70. The molecule has 3 nitrogen and oxygen atoms in total. The highest BCUT2D eigenvalue weighted by atomic mass is 19.1. The van der Waals surface area contributed by atoms with Crippen molar-refractivity contribution in [3.8, 4) is 0 Å². The van der Waals surface area contributed by atoms with Crippen molar-refractivity contribution in [2.45, 2.75) is 27.7 Å². The molecular formula is C13H18FN3. The van der Waals surface area contributed by atoms with E-state index in [0.717, 1.165) is 0 Å². The minimum atomic E-state index is -0.153. The summed E-state index contributed by atoms with van der Waals surface area (Å²) < 4.78 is 13.8. The maximum absolute atomic E-state index is 13.8. The molecule has 2 heterocycles. The molecule has 0 N–H and O–H groups in total. The van der Waals surface area contributed by atoms with E-state index in [-0.39, 0.29) is 11.7 Å². The minimum Gasteiger partial charge on any atom is -0.292 e. The topological polar surface area (TPSA) is 38.1 Å². The van der Waals surface area contributed by atoms with Crippen LogP contribution in [0, 0.1) is 12.8 Å². The Hall–Kier alpha value is -1.58. The molecule has 0 saturated carbocycles. The summed E-state index contributed by atoms with van der Waals surface area (Å²) in [4.78, 5) is 12.3. The van der Waals surface area contributed by atoms with Gasteiger partial charge in [-0.05, 0) is 13.0 Å². The zero-order chi connectivity index (χ0) is 12.8. The van der Waals surface area contributed by atoms with Crippen LogP contribution < -0.4 is 0 Å². The second kappa shape index (κ2) is 6.23. The summed E-state index contributed by atoms with van der Waals surface area (Å²) in [7, 11) is 0. The molecule has 0 saturated heterocycles. The van der Waals surface area contributed by atoms with Crippen molar-refractivity contribution in [1.29, 1.82) is 0 Å². The van der Waals surface area contributed by atoms with E-state index in [1.54, 1.807) is 25.4 Å². The van der Waals surface area contributed by atoms with E-state index in [0.29, 0.717) is 23.6 Å². The second-order valence-electron chi connectivity index (χ2n) is 3.65. The molecule has 0 aliphatic carbocycles. The van der Waals surface area contributed by atoms with Crippen LogP contribution in [0.4, 0.5) is 4.39 Å². The Morgan fingerprint density at radius 1 is 1.35 bits per heavy atom.